The Kier molecular flexibility index (Phi) is 3.69. The molecule has 1 amide bonds. The largest absolute Gasteiger partial charge is 0.444 e. The number of carbonyl (C=O) groups excluding carboxylic acids is 1. The van der Waals surface area contributed by atoms with Gasteiger partial charge < -0.3 is 9.72 Å². The fourth-order valence-corrected chi connectivity index (χ4v) is 3.60. The average Bonchev–Trinajstić information content (AvgIpc) is 3.02. The van der Waals surface area contributed by atoms with Gasteiger partial charge in [-0.1, -0.05) is 6.92 Å². The first-order valence-electron chi connectivity index (χ1n) is 8.42. The van der Waals surface area contributed by atoms with E-state index in [0.29, 0.717) is 5.92 Å². The molecule has 5 nitrogen and oxygen atoms in total. The van der Waals surface area contributed by atoms with E-state index in [1.54, 1.807) is 0 Å². The number of hydrogen-bond acceptors (Lipinski definition) is 3. The topological polar surface area (TPSA) is 58.2 Å². The highest BCUT2D eigenvalue weighted by molar-refractivity contribution is 5.70. The second-order valence-corrected chi connectivity index (χ2v) is 7.54. The van der Waals surface area contributed by atoms with Crippen molar-refractivity contribution in [3.63, 3.8) is 0 Å². The number of aryl methyl sites for hydroxylation is 1. The Morgan fingerprint density at radius 2 is 2.23 bits per heavy atom. The maximum absolute atomic E-state index is 12.7. The summed E-state index contributed by atoms with van der Waals surface area (Å²) in [4.78, 5) is 22.7. The second kappa shape index (κ2) is 5.28. The normalized spacial score (nSPS) is 25.5. The third-order valence-electron chi connectivity index (χ3n) is 4.71. The Labute approximate surface area is 132 Å². The molecule has 22 heavy (non-hydrogen) atoms. The number of nitrogens with zero attached hydrogens (tertiary/aromatic N) is 2. The van der Waals surface area contributed by atoms with Crippen molar-refractivity contribution >= 4 is 6.09 Å². The van der Waals surface area contributed by atoms with Crippen LogP contribution in [-0.4, -0.2) is 33.1 Å². The smallest absolute Gasteiger partial charge is 0.411 e. The summed E-state index contributed by atoms with van der Waals surface area (Å²) in [6.07, 6.45) is 6.96. The molecule has 1 atom stereocenters. The molecule has 0 radical (unpaired) electrons. The van der Waals surface area contributed by atoms with Crippen molar-refractivity contribution < 1.29 is 9.53 Å². The van der Waals surface area contributed by atoms with Crippen LogP contribution in [0.25, 0.3) is 0 Å². The van der Waals surface area contributed by atoms with Crippen LogP contribution in [-0.2, 0) is 16.7 Å². The van der Waals surface area contributed by atoms with E-state index in [2.05, 4.69) is 16.9 Å². The zero-order valence-electron chi connectivity index (χ0n) is 14.1. The number of imidazole rings is 1. The van der Waals surface area contributed by atoms with Gasteiger partial charge in [0, 0.05) is 18.4 Å². The summed E-state index contributed by atoms with van der Waals surface area (Å²) in [5, 5.41) is 0. The van der Waals surface area contributed by atoms with Crippen LogP contribution in [0.5, 0.6) is 0 Å². The van der Waals surface area contributed by atoms with Crippen LogP contribution in [0, 0.1) is 5.92 Å². The molecule has 1 aliphatic heterocycles. The van der Waals surface area contributed by atoms with Crippen LogP contribution >= 0.6 is 0 Å². The van der Waals surface area contributed by atoms with Gasteiger partial charge in [0.2, 0.25) is 0 Å². The van der Waals surface area contributed by atoms with Crippen molar-refractivity contribution in [2.24, 2.45) is 5.92 Å². The highest BCUT2D eigenvalue weighted by Crippen LogP contribution is 2.54. The summed E-state index contributed by atoms with van der Waals surface area (Å²) in [6, 6.07) is 0. The maximum Gasteiger partial charge on any atom is 0.411 e. The first-order chi connectivity index (χ1) is 10.4. The Hall–Kier alpha value is -1.52. The van der Waals surface area contributed by atoms with Crippen molar-refractivity contribution in [2.45, 2.75) is 70.9 Å². The molecule has 2 heterocycles. The van der Waals surface area contributed by atoms with E-state index < -0.39 is 5.60 Å². The molecule has 1 N–H and O–H groups in total. The Morgan fingerprint density at radius 3 is 2.77 bits per heavy atom. The zero-order valence-corrected chi connectivity index (χ0v) is 14.1. The van der Waals surface area contributed by atoms with Gasteiger partial charge in [-0.15, -0.1) is 0 Å². The molecular weight excluding hydrogens is 278 g/mol. The second-order valence-electron chi connectivity index (χ2n) is 7.54. The van der Waals surface area contributed by atoms with Crippen LogP contribution in [0.2, 0.25) is 0 Å². The summed E-state index contributed by atoms with van der Waals surface area (Å²) >= 11 is 0. The standard InChI is InChI=1S/C17H27N3O2/c1-5-13-11-18-14(19-13)17(12-7-8-12)9-6-10-20(17)15(21)22-16(2,3)4/h11-12H,5-10H2,1-4H3,(H,18,19). The zero-order chi connectivity index (χ0) is 16.0. The van der Waals surface area contributed by atoms with Gasteiger partial charge in [0.25, 0.3) is 0 Å². The van der Waals surface area contributed by atoms with Gasteiger partial charge in [0.05, 0.1) is 0 Å². The van der Waals surface area contributed by atoms with Gasteiger partial charge in [-0.2, -0.15) is 0 Å². The third-order valence-corrected chi connectivity index (χ3v) is 4.71. The number of aromatic nitrogens is 2. The van der Waals surface area contributed by atoms with E-state index in [1.165, 1.54) is 12.8 Å². The lowest BCUT2D eigenvalue weighted by atomic mass is 9.89. The lowest BCUT2D eigenvalue weighted by Gasteiger charge is -2.38. The summed E-state index contributed by atoms with van der Waals surface area (Å²) in [7, 11) is 0. The predicted octanol–water partition coefficient (Wildman–Crippen LogP) is 3.61. The number of likely N-dealkylation sites (tertiary alicyclic amines) is 1. The predicted molar refractivity (Wildman–Crippen MR) is 84.5 cm³/mol. The van der Waals surface area contributed by atoms with E-state index in [-0.39, 0.29) is 11.6 Å². The third kappa shape index (κ3) is 2.61. The number of nitrogens with one attached hydrogen (secondary N) is 1. The van der Waals surface area contributed by atoms with Gasteiger partial charge in [-0.05, 0) is 58.8 Å². The van der Waals surface area contributed by atoms with Gasteiger partial charge in [0.1, 0.15) is 17.0 Å². The van der Waals surface area contributed by atoms with Gasteiger partial charge in [-0.25, -0.2) is 9.78 Å². The molecule has 5 heteroatoms. The monoisotopic (exact) mass is 305 g/mol. The maximum atomic E-state index is 12.7. The number of H-pyrrole nitrogens is 1. The summed E-state index contributed by atoms with van der Waals surface area (Å²) in [6.45, 7) is 8.63. The van der Waals surface area contributed by atoms with Gasteiger partial charge in [-0.3, -0.25) is 4.90 Å². The van der Waals surface area contributed by atoms with E-state index in [1.807, 2.05) is 31.9 Å². The molecule has 3 rings (SSSR count). The van der Waals surface area contributed by atoms with Crippen molar-refractivity contribution in [1.29, 1.82) is 0 Å². The minimum absolute atomic E-state index is 0.202. The van der Waals surface area contributed by atoms with E-state index in [9.17, 15) is 4.79 Å². The minimum Gasteiger partial charge on any atom is -0.444 e. The summed E-state index contributed by atoms with van der Waals surface area (Å²) in [5.74, 6) is 1.47. The molecule has 1 unspecified atom stereocenters. The van der Waals surface area contributed by atoms with E-state index in [0.717, 1.165) is 37.3 Å². The molecule has 0 spiro atoms. The van der Waals surface area contributed by atoms with Crippen LogP contribution in [0.1, 0.15) is 64.9 Å². The number of ether oxygens (including phenoxy) is 1. The Bertz CT molecular complexity index is 556. The number of aromatic amines is 1. The number of amides is 1. The lowest BCUT2D eigenvalue weighted by molar-refractivity contribution is 0.000462. The van der Waals surface area contributed by atoms with Gasteiger partial charge in [0.15, 0.2) is 0 Å². The van der Waals surface area contributed by atoms with Crippen molar-refractivity contribution in [1.82, 2.24) is 14.9 Å². The van der Waals surface area contributed by atoms with Crippen molar-refractivity contribution in [2.75, 3.05) is 6.54 Å². The van der Waals surface area contributed by atoms with Crippen molar-refractivity contribution in [3.8, 4) is 0 Å². The highest BCUT2D eigenvalue weighted by Gasteiger charge is 2.57. The molecule has 1 aliphatic carbocycles. The average molecular weight is 305 g/mol. The molecule has 2 fully saturated rings. The summed E-state index contributed by atoms with van der Waals surface area (Å²) < 4.78 is 5.65. The van der Waals surface area contributed by atoms with Crippen LogP contribution in [0.4, 0.5) is 4.79 Å². The van der Waals surface area contributed by atoms with Crippen molar-refractivity contribution in [3.05, 3.63) is 17.7 Å². The number of carbonyl (C=O) groups is 1. The first-order valence-corrected chi connectivity index (χ1v) is 8.42. The molecule has 1 aromatic heterocycles. The van der Waals surface area contributed by atoms with Crippen LogP contribution in [0.15, 0.2) is 6.20 Å². The fraction of sp³-hybridized carbons (Fsp3) is 0.765. The minimum atomic E-state index is -0.466. The Balaban J connectivity index is 1.93. The molecule has 1 saturated heterocycles. The highest BCUT2D eigenvalue weighted by atomic mass is 16.6. The lowest BCUT2D eigenvalue weighted by Crippen LogP contribution is -2.49. The molecule has 1 saturated carbocycles. The van der Waals surface area contributed by atoms with E-state index >= 15 is 0 Å². The molecule has 122 valence electrons. The van der Waals surface area contributed by atoms with E-state index in [4.69, 9.17) is 4.74 Å². The molecule has 2 aliphatic rings. The molecule has 0 bridgehead atoms. The molecule has 1 aromatic rings. The van der Waals surface area contributed by atoms with Gasteiger partial charge >= 0.3 is 6.09 Å². The van der Waals surface area contributed by atoms with Crippen LogP contribution < -0.4 is 0 Å². The van der Waals surface area contributed by atoms with Crippen LogP contribution in [0.3, 0.4) is 0 Å². The number of rotatable bonds is 3. The molecular formula is C17H27N3O2. The SMILES string of the molecule is CCc1cnc(C2(C3CC3)CCCN2C(=O)OC(C)(C)C)[nH]1. The molecule has 0 aromatic carbocycles. The first kappa shape index (κ1) is 15.4. The quantitative estimate of drug-likeness (QED) is 0.928. The Morgan fingerprint density at radius 1 is 1.50 bits per heavy atom. The summed E-state index contributed by atoms with van der Waals surface area (Å²) in [5.41, 5.74) is 0.383. The number of hydrogen-bond donors (Lipinski definition) is 1. The fourth-order valence-electron chi connectivity index (χ4n) is 3.60.